The van der Waals surface area contributed by atoms with Crippen LogP contribution in [0.2, 0.25) is 0 Å². The number of likely N-dealkylation sites (N-methyl/N-ethyl adjacent to an activating group) is 1. The number of benzene rings is 2. The first-order chi connectivity index (χ1) is 11.2. The Morgan fingerprint density at radius 1 is 1.13 bits per heavy atom. The molecule has 4 heteroatoms. The van der Waals surface area contributed by atoms with Crippen molar-refractivity contribution in [1.29, 1.82) is 0 Å². The van der Waals surface area contributed by atoms with Crippen LogP contribution in [0.1, 0.15) is 5.56 Å². The topological polar surface area (TPSA) is 44.7 Å². The molecule has 0 fully saturated rings. The lowest BCUT2D eigenvalue weighted by Gasteiger charge is -2.18. The maximum Gasteiger partial charge on any atom is 0.126 e. The maximum atomic E-state index is 8.96. The number of nitrogens with zero attached hydrogens (tertiary/aromatic N) is 1. The Hall–Kier alpha value is -2.46. The Labute approximate surface area is 138 Å². The molecule has 0 saturated carbocycles. The monoisotopic (exact) mass is 312 g/mol. The number of methoxy groups -OCH3 is 1. The zero-order valence-electron chi connectivity index (χ0n) is 13.7. The van der Waals surface area contributed by atoms with E-state index in [9.17, 15) is 0 Å². The average molecular weight is 312 g/mol. The van der Waals surface area contributed by atoms with Crippen LogP contribution < -0.4 is 15.0 Å². The number of hydrogen-bond donors (Lipinski definition) is 2. The summed E-state index contributed by atoms with van der Waals surface area (Å²) in [5.74, 6) is 0.875. The average Bonchev–Trinajstić information content (AvgIpc) is 2.60. The molecule has 0 atom stereocenters. The van der Waals surface area contributed by atoms with Gasteiger partial charge in [0, 0.05) is 37.1 Å². The fourth-order valence-corrected chi connectivity index (χ4v) is 2.28. The van der Waals surface area contributed by atoms with Crippen molar-refractivity contribution >= 4 is 17.5 Å². The molecule has 0 bridgehead atoms. The van der Waals surface area contributed by atoms with Crippen molar-refractivity contribution in [1.82, 2.24) is 0 Å². The lowest BCUT2D eigenvalue weighted by molar-refractivity contribution is 0.304. The highest BCUT2D eigenvalue weighted by atomic mass is 16.5. The molecule has 0 aromatic heterocycles. The molecule has 122 valence electrons. The molecule has 0 amide bonds. The highest BCUT2D eigenvalue weighted by Gasteiger charge is 1.99. The zero-order valence-corrected chi connectivity index (χ0v) is 13.7. The number of anilines is 2. The Balaban J connectivity index is 1.87. The summed E-state index contributed by atoms with van der Waals surface area (Å²) in [5.41, 5.74) is 3.22. The van der Waals surface area contributed by atoms with Gasteiger partial charge in [-0.2, -0.15) is 0 Å². The van der Waals surface area contributed by atoms with Gasteiger partial charge in [-0.25, -0.2) is 0 Å². The van der Waals surface area contributed by atoms with Gasteiger partial charge in [-0.05, 0) is 30.3 Å². The molecule has 0 spiro atoms. The lowest BCUT2D eigenvalue weighted by atomic mass is 10.2. The van der Waals surface area contributed by atoms with Gasteiger partial charge in [0.2, 0.25) is 0 Å². The first-order valence-electron chi connectivity index (χ1n) is 7.70. The van der Waals surface area contributed by atoms with Gasteiger partial charge in [-0.3, -0.25) is 0 Å². The largest absolute Gasteiger partial charge is 0.496 e. The second kappa shape index (κ2) is 8.86. The van der Waals surface area contributed by atoms with E-state index >= 15 is 0 Å². The zero-order chi connectivity index (χ0) is 16.5. The third-order valence-corrected chi connectivity index (χ3v) is 3.60. The van der Waals surface area contributed by atoms with Gasteiger partial charge in [-0.15, -0.1) is 0 Å². The van der Waals surface area contributed by atoms with Crippen molar-refractivity contribution < 1.29 is 9.84 Å². The van der Waals surface area contributed by atoms with E-state index in [4.69, 9.17) is 9.84 Å². The summed E-state index contributed by atoms with van der Waals surface area (Å²) >= 11 is 0. The van der Waals surface area contributed by atoms with Crippen LogP contribution in [0, 0.1) is 0 Å². The molecule has 0 aliphatic carbocycles. The van der Waals surface area contributed by atoms with Gasteiger partial charge >= 0.3 is 0 Å². The van der Waals surface area contributed by atoms with Crippen LogP contribution in [-0.4, -0.2) is 39.0 Å². The molecule has 2 N–H and O–H groups in total. The van der Waals surface area contributed by atoms with Crippen molar-refractivity contribution in [3.8, 4) is 5.75 Å². The number of hydrogen-bond acceptors (Lipinski definition) is 4. The van der Waals surface area contributed by atoms with Crippen LogP contribution in [0.3, 0.4) is 0 Å². The van der Waals surface area contributed by atoms with Crippen LogP contribution in [0.4, 0.5) is 11.4 Å². The van der Waals surface area contributed by atoms with Gasteiger partial charge in [0.1, 0.15) is 5.75 Å². The van der Waals surface area contributed by atoms with Crippen molar-refractivity contribution in [2.75, 3.05) is 44.1 Å². The number of para-hydroxylation sites is 1. The first-order valence-corrected chi connectivity index (χ1v) is 7.70. The van der Waals surface area contributed by atoms with Gasteiger partial charge in [-0.1, -0.05) is 30.4 Å². The number of rotatable bonds is 8. The minimum Gasteiger partial charge on any atom is -0.496 e. The number of aliphatic hydroxyl groups is 1. The van der Waals surface area contributed by atoms with E-state index in [-0.39, 0.29) is 6.61 Å². The molecule has 2 aromatic carbocycles. The quantitative estimate of drug-likeness (QED) is 0.785. The van der Waals surface area contributed by atoms with E-state index in [0.717, 1.165) is 29.2 Å². The Morgan fingerprint density at radius 3 is 2.57 bits per heavy atom. The summed E-state index contributed by atoms with van der Waals surface area (Å²) in [4.78, 5) is 2.02. The molecule has 0 heterocycles. The van der Waals surface area contributed by atoms with Crippen LogP contribution in [0.5, 0.6) is 5.75 Å². The number of nitrogens with one attached hydrogen (secondary N) is 1. The molecule has 2 rings (SSSR count). The van der Waals surface area contributed by atoms with Crippen LogP contribution in [0.15, 0.2) is 54.6 Å². The number of aliphatic hydroxyl groups excluding tert-OH is 1. The lowest BCUT2D eigenvalue weighted by Crippen LogP contribution is -2.20. The Kier molecular flexibility index (Phi) is 6.51. The fraction of sp³-hybridized carbons (Fsp3) is 0.263. The van der Waals surface area contributed by atoms with Gasteiger partial charge in [0.05, 0.1) is 13.7 Å². The van der Waals surface area contributed by atoms with Crippen LogP contribution >= 0.6 is 0 Å². The highest BCUT2D eigenvalue weighted by molar-refractivity contribution is 5.58. The molecule has 4 nitrogen and oxygen atoms in total. The molecule has 2 aromatic rings. The van der Waals surface area contributed by atoms with E-state index in [1.165, 1.54) is 0 Å². The normalized spacial score (nSPS) is 10.7. The fourth-order valence-electron chi connectivity index (χ4n) is 2.28. The second-order valence-corrected chi connectivity index (χ2v) is 5.22. The van der Waals surface area contributed by atoms with E-state index in [1.807, 2.05) is 60.5 Å². The molecule has 0 aliphatic heterocycles. The summed E-state index contributed by atoms with van der Waals surface area (Å²) in [6.45, 7) is 1.53. The van der Waals surface area contributed by atoms with Gasteiger partial charge in [0.15, 0.2) is 0 Å². The standard InChI is InChI=1S/C19H24N2O2/c1-21(14-15-22)18-11-9-17(10-12-18)20-13-5-7-16-6-3-4-8-19(16)23-2/h3-12,20,22H,13-15H2,1-2H3/b7-5+. The minimum atomic E-state index is 0.157. The molecule has 0 unspecified atom stereocenters. The highest BCUT2D eigenvalue weighted by Crippen LogP contribution is 2.19. The molecule has 0 saturated heterocycles. The van der Waals surface area contributed by atoms with Crippen molar-refractivity contribution in [3.63, 3.8) is 0 Å². The van der Waals surface area contributed by atoms with Crippen LogP contribution in [-0.2, 0) is 0 Å². The minimum absolute atomic E-state index is 0.157. The van der Waals surface area contributed by atoms with Crippen LogP contribution in [0.25, 0.3) is 6.08 Å². The predicted molar refractivity (Wildman–Crippen MR) is 97.3 cm³/mol. The van der Waals surface area contributed by atoms with E-state index in [1.54, 1.807) is 7.11 Å². The maximum absolute atomic E-state index is 8.96. The van der Waals surface area contributed by atoms with Crippen molar-refractivity contribution in [3.05, 3.63) is 60.2 Å². The summed E-state index contributed by atoms with van der Waals surface area (Å²) < 4.78 is 5.32. The smallest absolute Gasteiger partial charge is 0.126 e. The molecule has 0 radical (unpaired) electrons. The molecular weight excluding hydrogens is 288 g/mol. The van der Waals surface area contributed by atoms with Crippen molar-refractivity contribution in [2.24, 2.45) is 0 Å². The summed E-state index contributed by atoms with van der Waals surface area (Å²) in [5, 5.41) is 12.3. The predicted octanol–water partition coefficient (Wildman–Crippen LogP) is 3.25. The Bertz CT molecular complexity index is 624. The molecular formula is C19H24N2O2. The SMILES string of the molecule is COc1ccccc1/C=C/CNc1ccc(N(C)CCO)cc1. The Morgan fingerprint density at radius 2 is 1.87 bits per heavy atom. The number of ether oxygens (including phenoxy) is 1. The summed E-state index contributed by atoms with van der Waals surface area (Å²) in [6, 6.07) is 16.1. The summed E-state index contributed by atoms with van der Waals surface area (Å²) in [6.07, 6.45) is 4.12. The molecule has 0 aliphatic rings. The summed E-state index contributed by atoms with van der Waals surface area (Å²) in [7, 11) is 3.65. The van der Waals surface area contributed by atoms with E-state index in [0.29, 0.717) is 6.54 Å². The van der Waals surface area contributed by atoms with Crippen molar-refractivity contribution in [2.45, 2.75) is 0 Å². The van der Waals surface area contributed by atoms with E-state index in [2.05, 4.69) is 17.5 Å². The van der Waals surface area contributed by atoms with Gasteiger partial charge in [0.25, 0.3) is 0 Å². The second-order valence-electron chi connectivity index (χ2n) is 5.22. The third-order valence-electron chi connectivity index (χ3n) is 3.60. The third kappa shape index (κ3) is 5.04. The van der Waals surface area contributed by atoms with Gasteiger partial charge < -0.3 is 20.1 Å². The first kappa shape index (κ1) is 16.9. The van der Waals surface area contributed by atoms with E-state index < -0.39 is 0 Å². The molecule has 23 heavy (non-hydrogen) atoms.